The number of nitrogens with one attached hydrogen (secondary N) is 2. The third kappa shape index (κ3) is 4.06. The molecule has 114 valence electrons. The van der Waals surface area contributed by atoms with Crippen LogP contribution in [0, 0.1) is 12.3 Å². The van der Waals surface area contributed by atoms with Gasteiger partial charge in [-0.2, -0.15) is 0 Å². The quantitative estimate of drug-likeness (QED) is 0.872. The zero-order chi connectivity index (χ0) is 15.5. The van der Waals surface area contributed by atoms with E-state index in [1.54, 1.807) is 0 Å². The second-order valence-electron chi connectivity index (χ2n) is 5.96. The van der Waals surface area contributed by atoms with E-state index in [1.165, 1.54) is 0 Å². The summed E-state index contributed by atoms with van der Waals surface area (Å²) in [7, 11) is 0. The Balaban J connectivity index is 1.86. The minimum absolute atomic E-state index is 0.0114. The van der Waals surface area contributed by atoms with Gasteiger partial charge in [-0.25, -0.2) is 0 Å². The van der Waals surface area contributed by atoms with Crippen LogP contribution < -0.4 is 10.6 Å². The first kappa shape index (κ1) is 16.0. The number of anilines is 1. The molecule has 0 atom stereocenters. The van der Waals surface area contributed by atoms with Gasteiger partial charge in [-0.05, 0) is 43.5 Å². The molecule has 0 aromatic heterocycles. The molecule has 5 heteroatoms. The fraction of sp³-hybridized carbons (Fsp3) is 0.500. The summed E-state index contributed by atoms with van der Waals surface area (Å²) in [6, 6.07) is 5.66. The first-order valence-electron chi connectivity index (χ1n) is 7.25. The molecule has 0 bridgehead atoms. The smallest absolute Gasteiger partial charge is 0.243 e. The highest BCUT2D eigenvalue weighted by molar-refractivity contribution is 9.10. The van der Waals surface area contributed by atoms with E-state index in [-0.39, 0.29) is 23.8 Å². The number of carbonyl (C=O) groups excluding carboxylic acids is 2. The van der Waals surface area contributed by atoms with Gasteiger partial charge in [0.2, 0.25) is 11.8 Å². The maximum Gasteiger partial charge on any atom is 0.243 e. The predicted molar refractivity (Wildman–Crippen MR) is 87.1 cm³/mol. The lowest BCUT2D eigenvalue weighted by Crippen LogP contribution is -2.41. The van der Waals surface area contributed by atoms with Crippen molar-refractivity contribution in [1.29, 1.82) is 0 Å². The number of rotatable bonds is 4. The van der Waals surface area contributed by atoms with E-state index in [1.807, 2.05) is 32.0 Å². The van der Waals surface area contributed by atoms with Crippen molar-refractivity contribution < 1.29 is 9.59 Å². The molecular weight excluding hydrogens is 332 g/mol. The van der Waals surface area contributed by atoms with Crippen LogP contribution in [0.3, 0.4) is 0 Å². The number of hydrogen-bond donors (Lipinski definition) is 2. The van der Waals surface area contributed by atoms with Crippen LogP contribution in [0.1, 0.15) is 38.2 Å². The predicted octanol–water partition coefficient (Wildman–Crippen LogP) is 3.39. The minimum Gasteiger partial charge on any atom is -0.347 e. The monoisotopic (exact) mass is 352 g/mol. The molecule has 0 radical (unpaired) electrons. The molecule has 0 heterocycles. The van der Waals surface area contributed by atoms with E-state index in [0.717, 1.165) is 41.4 Å². The van der Waals surface area contributed by atoms with Crippen molar-refractivity contribution in [2.75, 3.05) is 11.9 Å². The first-order valence-corrected chi connectivity index (χ1v) is 8.04. The van der Waals surface area contributed by atoms with Gasteiger partial charge < -0.3 is 10.6 Å². The van der Waals surface area contributed by atoms with E-state index in [0.29, 0.717) is 0 Å². The minimum atomic E-state index is -0.298. The van der Waals surface area contributed by atoms with Crippen LogP contribution in [0.4, 0.5) is 5.69 Å². The number of carbonyl (C=O) groups is 2. The normalized spacial score (nSPS) is 16.5. The zero-order valence-electron chi connectivity index (χ0n) is 12.5. The van der Waals surface area contributed by atoms with E-state index in [2.05, 4.69) is 26.6 Å². The lowest BCUT2D eigenvalue weighted by Gasteiger charge is -2.22. The Labute approximate surface area is 133 Å². The number of benzene rings is 1. The second kappa shape index (κ2) is 6.60. The summed E-state index contributed by atoms with van der Waals surface area (Å²) in [5.41, 5.74) is 1.45. The highest BCUT2D eigenvalue weighted by Crippen LogP contribution is 2.37. The maximum absolute atomic E-state index is 12.1. The van der Waals surface area contributed by atoms with Crippen molar-refractivity contribution in [2.24, 2.45) is 5.41 Å². The summed E-state index contributed by atoms with van der Waals surface area (Å²) in [6.07, 6.45) is 4.00. The number of amides is 2. The third-order valence-electron chi connectivity index (χ3n) is 4.13. The molecule has 4 nitrogen and oxygen atoms in total. The molecule has 0 unspecified atom stereocenters. The van der Waals surface area contributed by atoms with Gasteiger partial charge in [-0.1, -0.05) is 35.7 Å². The summed E-state index contributed by atoms with van der Waals surface area (Å²) in [5, 5.41) is 5.58. The maximum atomic E-state index is 12.1. The Morgan fingerprint density at radius 2 is 1.95 bits per heavy atom. The molecule has 2 rings (SSSR count). The summed E-state index contributed by atoms with van der Waals surface area (Å²) >= 11 is 3.39. The Kier molecular flexibility index (Phi) is 5.04. The molecule has 1 aromatic rings. The number of halogens is 1. The standard InChI is InChI=1S/C16H21BrN2O2/c1-11-9-12(17)5-6-13(11)19-14(20)10-18-15(21)16(2)7-3-4-8-16/h5-6,9H,3-4,7-8,10H2,1-2H3,(H,18,21)(H,19,20). The molecule has 2 N–H and O–H groups in total. The van der Waals surface area contributed by atoms with Gasteiger partial charge in [0.25, 0.3) is 0 Å². The second-order valence-corrected chi connectivity index (χ2v) is 6.87. The van der Waals surface area contributed by atoms with E-state index in [9.17, 15) is 9.59 Å². The van der Waals surface area contributed by atoms with E-state index in [4.69, 9.17) is 0 Å². The molecule has 1 aromatic carbocycles. The summed E-state index contributed by atoms with van der Waals surface area (Å²) in [5.74, 6) is -0.210. The largest absolute Gasteiger partial charge is 0.347 e. The molecule has 0 saturated heterocycles. The highest BCUT2D eigenvalue weighted by atomic mass is 79.9. The van der Waals surface area contributed by atoms with Crippen LogP contribution in [0.2, 0.25) is 0 Å². The highest BCUT2D eigenvalue weighted by Gasteiger charge is 2.36. The van der Waals surface area contributed by atoms with Crippen molar-refractivity contribution in [1.82, 2.24) is 5.32 Å². The van der Waals surface area contributed by atoms with Gasteiger partial charge in [0.15, 0.2) is 0 Å². The van der Waals surface area contributed by atoms with Gasteiger partial charge in [-0.3, -0.25) is 9.59 Å². The number of hydrogen-bond acceptors (Lipinski definition) is 2. The van der Waals surface area contributed by atoms with Crippen LogP contribution in [-0.2, 0) is 9.59 Å². The number of aryl methyl sites for hydroxylation is 1. The van der Waals surface area contributed by atoms with Gasteiger partial charge in [-0.15, -0.1) is 0 Å². The van der Waals surface area contributed by atoms with Crippen LogP contribution in [0.15, 0.2) is 22.7 Å². The fourth-order valence-electron chi connectivity index (χ4n) is 2.72. The SMILES string of the molecule is Cc1cc(Br)ccc1NC(=O)CNC(=O)C1(C)CCCC1. The molecule has 1 aliphatic carbocycles. The van der Waals surface area contributed by atoms with Crippen LogP contribution in [0.25, 0.3) is 0 Å². The lowest BCUT2D eigenvalue weighted by atomic mass is 9.88. The van der Waals surface area contributed by atoms with E-state index >= 15 is 0 Å². The molecule has 2 amide bonds. The molecule has 0 aliphatic heterocycles. The topological polar surface area (TPSA) is 58.2 Å². The molecular formula is C16H21BrN2O2. The third-order valence-corrected chi connectivity index (χ3v) is 4.62. The van der Waals surface area contributed by atoms with Crippen molar-refractivity contribution in [3.8, 4) is 0 Å². The first-order chi connectivity index (χ1) is 9.90. The van der Waals surface area contributed by atoms with E-state index < -0.39 is 0 Å². The Hall–Kier alpha value is -1.36. The Morgan fingerprint density at radius 1 is 1.29 bits per heavy atom. The molecule has 1 saturated carbocycles. The summed E-state index contributed by atoms with van der Waals surface area (Å²) in [6.45, 7) is 3.93. The fourth-order valence-corrected chi connectivity index (χ4v) is 3.19. The van der Waals surface area contributed by atoms with Crippen molar-refractivity contribution >= 4 is 33.4 Å². The van der Waals surface area contributed by atoms with Crippen molar-refractivity contribution in [2.45, 2.75) is 39.5 Å². The lowest BCUT2D eigenvalue weighted by molar-refractivity contribution is -0.131. The Bertz CT molecular complexity index is 551. The molecule has 1 aliphatic rings. The van der Waals surface area contributed by atoms with Crippen LogP contribution in [0.5, 0.6) is 0 Å². The van der Waals surface area contributed by atoms with Crippen molar-refractivity contribution in [3.05, 3.63) is 28.2 Å². The zero-order valence-corrected chi connectivity index (χ0v) is 14.0. The average molecular weight is 353 g/mol. The molecule has 1 fully saturated rings. The average Bonchev–Trinajstić information content (AvgIpc) is 2.87. The summed E-state index contributed by atoms with van der Waals surface area (Å²) in [4.78, 5) is 24.1. The van der Waals surface area contributed by atoms with Gasteiger partial charge >= 0.3 is 0 Å². The van der Waals surface area contributed by atoms with Crippen LogP contribution >= 0.6 is 15.9 Å². The Morgan fingerprint density at radius 3 is 2.57 bits per heavy atom. The summed E-state index contributed by atoms with van der Waals surface area (Å²) < 4.78 is 0.973. The van der Waals surface area contributed by atoms with Crippen LogP contribution in [-0.4, -0.2) is 18.4 Å². The molecule has 21 heavy (non-hydrogen) atoms. The van der Waals surface area contributed by atoms with Gasteiger partial charge in [0, 0.05) is 15.6 Å². The van der Waals surface area contributed by atoms with Gasteiger partial charge in [0.05, 0.1) is 6.54 Å². The van der Waals surface area contributed by atoms with Crippen molar-refractivity contribution in [3.63, 3.8) is 0 Å². The molecule has 0 spiro atoms. The van der Waals surface area contributed by atoms with Gasteiger partial charge in [0.1, 0.15) is 0 Å².